The van der Waals surface area contributed by atoms with E-state index in [4.69, 9.17) is 16.7 Å². The Kier molecular flexibility index (Phi) is 3.85. The van der Waals surface area contributed by atoms with Gasteiger partial charge in [-0.25, -0.2) is 27.3 Å². The quantitative estimate of drug-likeness (QED) is 0.811. The highest BCUT2D eigenvalue weighted by Gasteiger charge is 2.22. The lowest BCUT2D eigenvalue weighted by molar-refractivity contribution is 0.144. The summed E-state index contributed by atoms with van der Waals surface area (Å²) < 4.78 is 46.7. The number of hydrogen-bond acceptors (Lipinski definition) is 3. The van der Waals surface area contributed by atoms with Crippen molar-refractivity contribution in [1.82, 2.24) is 4.98 Å². The molecule has 1 heterocycles. The number of rotatable bonds is 2. The summed E-state index contributed by atoms with van der Waals surface area (Å²) in [6.07, 6.45) is -2.88. The van der Waals surface area contributed by atoms with E-state index in [1.165, 1.54) is 0 Å². The molecule has 0 unspecified atom stereocenters. The van der Waals surface area contributed by atoms with Crippen LogP contribution in [0.3, 0.4) is 0 Å². The minimum absolute atomic E-state index is 0.0833. The zero-order valence-corrected chi connectivity index (χ0v) is 10.6. The average Bonchev–Trinajstić information content (AvgIpc) is 2.00. The Labute approximate surface area is 103 Å². The Morgan fingerprint density at radius 1 is 1.53 bits per heavy atom. The van der Waals surface area contributed by atoms with Gasteiger partial charge >= 0.3 is 0 Å². The molecular weight excluding hydrogens is 364 g/mol. The van der Waals surface area contributed by atoms with E-state index in [0.717, 1.165) is 6.07 Å². The van der Waals surface area contributed by atoms with Gasteiger partial charge in [0.25, 0.3) is 16.4 Å². The molecule has 0 saturated carbocycles. The second-order valence-corrected chi connectivity index (χ2v) is 5.53. The average molecular weight is 369 g/mol. The van der Waals surface area contributed by atoms with Crippen LogP contribution in [-0.2, 0) is 10.0 Å². The monoisotopic (exact) mass is 368 g/mol. The van der Waals surface area contributed by atoms with E-state index in [2.05, 4.69) is 4.98 Å². The third-order valence-electron chi connectivity index (χ3n) is 1.40. The predicted molar refractivity (Wildman–Crippen MR) is 58.3 cm³/mol. The molecular formula is C6H4ClF2IN2O2S. The Morgan fingerprint density at radius 3 is 2.47 bits per heavy atom. The zero-order chi connectivity index (χ0) is 11.8. The van der Waals surface area contributed by atoms with Gasteiger partial charge in [0.2, 0.25) is 0 Å². The van der Waals surface area contributed by atoms with Crippen LogP contribution in [0.2, 0.25) is 5.02 Å². The molecule has 0 aliphatic carbocycles. The molecule has 0 radical (unpaired) electrons. The fraction of sp³-hybridized carbons (Fsp3) is 0.167. The van der Waals surface area contributed by atoms with Gasteiger partial charge in [-0.05, 0) is 28.7 Å². The fourth-order valence-electron chi connectivity index (χ4n) is 0.816. The second kappa shape index (κ2) is 4.44. The lowest BCUT2D eigenvalue weighted by Gasteiger charge is -2.06. The number of primary sulfonamides is 1. The molecule has 0 aromatic carbocycles. The van der Waals surface area contributed by atoms with Crippen LogP contribution in [0, 0.1) is 3.57 Å². The number of hydrogen-bond donors (Lipinski definition) is 1. The van der Waals surface area contributed by atoms with Gasteiger partial charge in [0, 0.05) is 3.57 Å². The van der Waals surface area contributed by atoms with Crippen LogP contribution in [0.25, 0.3) is 0 Å². The van der Waals surface area contributed by atoms with Crippen molar-refractivity contribution in [3.8, 4) is 0 Å². The molecule has 0 amide bonds. The van der Waals surface area contributed by atoms with Crippen molar-refractivity contribution in [2.24, 2.45) is 5.14 Å². The van der Waals surface area contributed by atoms with Crippen LogP contribution >= 0.6 is 34.2 Å². The lowest BCUT2D eigenvalue weighted by atomic mass is 10.4. The summed E-state index contributed by atoms with van der Waals surface area (Å²) in [6.45, 7) is 0. The highest BCUT2D eigenvalue weighted by Crippen LogP contribution is 2.28. The minimum Gasteiger partial charge on any atom is -0.231 e. The van der Waals surface area contributed by atoms with E-state index in [1.807, 2.05) is 0 Å². The molecule has 0 aliphatic heterocycles. The van der Waals surface area contributed by atoms with Crippen molar-refractivity contribution >= 4 is 44.2 Å². The van der Waals surface area contributed by atoms with E-state index in [0.29, 0.717) is 0 Å². The van der Waals surface area contributed by atoms with E-state index >= 15 is 0 Å². The summed E-state index contributed by atoms with van der Waals surface area (Å²) in [5, 5.41) is 3.75. The van der Waals surface area contributed by atoms with Gasteiger partial charge in [-0.3, -0.25) is 0 Å². The van der Waals surface area contributed by atoms with Crippen LogP contribution in [-0.4, -0.2) is 13.4 Å². The number of sulfonamides is 1. The first-order chi connectivity index (χ1) is 6.73. The summed E-state index contributed by atoms with van der Waals surface area (Å²) in [5.74, 6) is 0. The summed E-state index contributed by atoms with van der Waals surface area (Å²) in [6, 6.07) is 1.08. The molecule has 0 spiro atoms. The Hall–Kier alpha value is -0.0600. The second-order valence-electron chi connectivity index (χ2n) is 2.49. The molecule has 1 aromatic heterocycles. The van der Waals surface area contributed by atoms with E-state index in [-0.39, 0.29) is 8.59 Å². The molecule has 15 heavy (non-hydrogen) atoms. The highest BCUT2D eigenvalue weighted by atomic mass is 127. The largest absolute Gasteiger partial charge is 0.281 e. The molecule has 84 valence electrons. The standard InChI is InChI=1S/C6H4ClF2IN2O2S/c7-2-1-3(10)4(5(8)9)12-6(2)15(11,13)14/h1,5H,(H2,11,13,14). The number of alkyl halides is 2. The first kappa shape index (κ1) is 13.0. The normalized spacial score (nSPS) is 12.1. The molecule has 0 bridgehead atoms. The van der Waals surface area contributed by atoms with Gasteiger partial charge in [0.05, 0.1) is 5.02 Å². The maximum Gasteiger partial charge on any atom is 0.281 e. The maximum atomic E-state index is 12.4. The number of aromatic nitrogens is 1. The van der Waals surface area contributed by atoms with E-state index in [1.54, 1.807) is 22.6 Å². The summed E-state index contributed by atoms with van der Waals surface area (Å²) >= 11 is 7.10. The van der Waals surface area contributed by atoms with Gasteiger partial charge in [-0.1, -0.05) is 11.6 Å². The SMILES string of the molecule is NS(=O)(=O)c1nc(C(F)F)c(I)cc1Cl. The molecule has 0 atom stereocenters. The van der Waals surface area contributed by atoms with E-state index in [9.17, 15) is 17.2 Å². The molecule has 0 aliphatic rings. The molecule has 9 heteroatoms. The minimum atomic E-state index is -4.19. The van der Waals surface area contributed by atoms with Crippen LogP contribution in [0.1, 0.15) is 12.1 Å². The smallest absolute Gasteiger partial charge is 0.231 e. The first-order valence-electron chi connectivity index (χ1n) is 3.40. The molecule has 0 saturated heterocycles. The molecule has 1 rings (SSSR count). The van der Waals surface area contributed by atoms with Crippen molar-refractivity contribution in [2.75, 3.05) is 0 Å². The van der Waals surface area contributed by atoms with Crippen LogP contribution in [0.15, 0.2) is 11.1 Å². The fourth-order valence-corrected chi connectivity index (χ4v) is 2.70. The topological polar surface area (TPSA) is 73.1 Å². The van der Waals surface area contributed by atoms with E-state index < -0.39 is 27.2 Å². The van der Waals surface area contributed by atoms with Crippen molar-refractivity contribution in [3.63, 3.8) is 0 Å². The first-order valence-corrected chi connectivity index (χ1v) is 6.40. The summed E-state index contributed by atoms with van der Waals surface area (Å²) in [7, 11) is -4.19. The third-order valence-corrected chi connectivity index (χ3v) is 3.52. The third kappa shape index (κ3) is 2.95. The lowest BCUT2D eigenvalue weighted by Crippen LogP contribution is -2.16. The molecule has 1 aromatic rings. The molecule has 4 nitrogen and oxygen atoms in total. The van der Waals surface area contributed by atoms with Crippen LogP contribution < -0.4 is 5.14 Å². The van der Waals surface area contributed by atoms with Crippen LogP contribution in [0.5, 0.6) is 0 Å². The van der Waals surface area contributed by atoms with Crippen molar-refractivity contribution < 1.29 is 17.2 Å². The number of nitrogens with two attached hydrogens (primary N) is 1. The van der Waals surface area contributed by atoms with Crippen LogP contribution in [0.4, 0.5) is 8.78 Å². The Morgan fingerprint density at radius 2 is 2.07 bits per heavy atom. The van der Waals surface area contributed by atoms with Crippen molar-refractivity contribution in [2.45, 2.75) is 11.5 Å². The van der Waals surface area contributed by atoms with Gasteiger partial charge in [-0.15, -0.1) is 0 Å². The number of halogens is 4. The molecule has 2 N–H and O–H groups in total. The van der Waals surface area contributed by atoms with Gasteiger partial charge in [0.15, 0.2) is 5.03 Å². The van der Waals surface area contributed by atoms with Gasteiger partial charge in [-0.2, -0.15) is 0 Å². The summed E-state index contributed by atoms with van der Waals surface area (Å²) in [4.78, 5) is 3.24. The zero-order valence-electron chi connectivity index (χ0n) is 6.92. The Balaban J connectivity index is 3.50. The van der Waals surface area contributed by atoms with Gasteiger partial charge in [0.1, 0.15) is 5.69 Å². The van der Waals surface area contributed by atoms with Gasteiger partial charge < -0.3 is 0 Å². The Bertz CT molecular complexity index is 494. The highest BCUT2D eigenvalue weighted by molar-refractivity contribution is 14.1. The predicted octanol–water partition coefficient (Wildman–Crippen LogP) is 1.92. The molecule has 0 fully saturated rings. The maximum absolute atomic E-state index is 12.4. The van der Waals surface area contributed by atoms with Crippen molar-refractivity contribution in [3.05, 3.63) is 20.4 Å². The van der Waals surface area contributed by atoms with Crippen molar-refractivity contribution in [1.29, 1.82) is 0 Å². The summed E-state index contributed by atoms with van der Waals surface area (Å²) in [5.41, 5.74) is -0.649. The number of nitrogens with zero attached hydrogens (tertiary/aromatic N) is 1. The number of pyridine rings is 1.